The minimum absolute atomic E-state index is 0.490. The van der Waals surface area contributed by atoms with E-state index in [4.69, 9.17) is 33.9 Å². The number of ether oxygens (including phenoxy) is 6. The number of unbranched alkanes of at least 4 members (excludes halogenated alkanes) is 22. The molecule has 0 radical (unpaired) electrons. The molecule has 0 aliphatic carbocycles. The number of hydrogen-bond acceptors (Lipinski definition) is 14. The van der Waals surface area contributed by atoms with Gasteiger partial charge in [-0.15, -0.1) is 0 Å². The lowest BCUT2D eigenvalue weighted by atomic mass is 9.92. The Balaban J connectivity index is 3.50. The molecule has 0 aromatic rings. The fourth-order valence-electron chi connectivity index (χ4n) is 8.51. The van der Waals surface area contributed by atoms with Crippen LogP contribution in [0, 0.1) is 5.92 Å². The second-order valence-electron chi connectivity index (χ2n) is 18.4. The van der Waals surface area contributed by atoms with Crippen molar-refractivity contribution in [2.45, 2.75) is 264 Å². The number of carbonyl (C=O) groups excluding carboxylic acids is 6. The van der Waals surface area contributed by atoms with Gasteiger partial charge in [0.1, 0.15) is 24.8 Å². The summed E-state index contributed by atoms with van der Waals surface area (Å²) in [5.41, 5.74) is 0. The van der Waals surface area contributed by atoms with Crippen LogP contribution in [0.25, 0.3) is 0 Å². The Hall–Kier alpha value is -4.32. The predicted octanol–water partition coefficient (Wildman–Crippen LogP) is 8.80. The van der Waals surface area contributed by atoms with Crippen LogP contribution in [0.4, 0.5) is 0 Å². The molecule has 0 spiro atoms. The Morgan fingerprint density at radius 3 is 1.36 bits per heavy atom. The van der Waals surface area contributed by atoms with Crippen molar-refractivity contribution in [3.63, 3.8) is 0 Å². The van der Waals surface area contributed by atoms with Gasteiger partial charge in [0.25, 0.3) is 0 Å². The third-order valence-corrected chi connectivity index (χ3v) is 12.3. The van der Waals surface area contributed by atoms with E-state index in [1.54, 1.807) is 0 Å². The number of carbonyl (C=O) groups is 8. The first-order valence-corrected chi connectivity index (χ1v) is 25.9. The van der Waals surface area contributed by atoms with Gasteiger partial charge in [-0.2, -0.15) is 0 Å². The largest absolute Gasteiger partial charge is 0.481 e. The number of aliphatic carboxylic acids is 2. The van der Waals surface area contributed by atoms with Gasteiger partial charge in [-0.05, 0) is 19.3 Å². The Kier molecular flexibility index (Phi) is 31.8. The van der Waals surface area contributed by atoms with Crippen molar-refractivity contribution in [1.29, 1.82) is 0 Å². The minimum Gasteiger partial charge on any atom is -0.481 e. The van der Waals surface area contributed by atoms with E-state index in [0.29, 0.717) is 12.8 Å². The molecule has 404 valence electrons. The molecule has 0 saturated carbocycles. The zero-order chi connectivity index (χ0) is 54.9. The summed E-state index contributed by atoms with van der Waals surface area (Å²) < 4.78 is 63.3. The summed E-state index contributed by atoms with van der Waals surface area (Å²) in [7, 11) is 0. The summed E-state index contributed by atoms with van der Waals surface area (Å²) in [6.07, 6.45) is 17.6. The SMILES string of the molecule is [2H]CC(=O)OC[C@H]1OC(OC[C@H](NC(=O)C(CCCCCCCCCCCCCC)CCCCCCCCCCCCCC)C(=O)N[C@H](CCC(=O)O)C(=O)O)[C@@H](OC(=O)C[2H])[C@@H](OC(=O)C[2H])[C@@H]1OC(=O)C[2H]. The molecule has 4 N–H and O–H groups in total. The molecule has 7 atom stereocenters. The zero-order valence-electron chi connectivity index (χ0n) is 46.3. The number of rotatable bonds is 42. The van der Waals surface area contributed by atoms with Gasteiger partial charge >= 0.3 is 35.8 Å². The lowest BCUT2D eigenvalue weighted by Crippen LogP contribution is -2.63. The van der Waals surface area contributed by atoms with Crippen LogP contribution in [0.5, 0.6) is 0 Å². The maximum Gasteiger partial charge on any atom is 0.326 e. The molecule has 1 heterocycles. The summed E-state index contributed by atoms with van der Waals surface area (Å²) in [5, 5.41) is 24.2. The Morgan fingerprint density at radius 1 is 0.514 bits per heavy atom. The first kappa shape index (κ1) is 56.6. The van der Waals surface area contributed by atoms with Crippen molar-refractivity contribution in [1.82, 2.24) is 10.6 Å². The molecule has 1 unspecified atom stereocenters. The van der Waals surface area contributed by atoms with Crippen molar-refractivity contribution in [3.8, 4) is 0 Å². The van der Waals surface area contributed by atoms with E-state index >= 15 is 0 Å². The highest BCUT2D eigenvalue weighted by Gasteiger charge is 2.53. The second-order valence-corrected chi connectivity index (χ2v) is 18.4. The highest BCUT2D eigenvalue weighted by molar-refractivity contribution is 5.91. The van der Waals surface area contributed by atoms with Crippen molar-refractivity contribution in [3.05, 3.63) is 0 Å². The van der Waals surface area contributed by atoms with E-state index in [9.17, 15) is 48.6 Å². The van der Waals surface area contributed by atoms with Crippen LogP contribution >= 0.6 is 0 Å². The van der Waals surface area contributed by atoms with Gasteiger partial charge in [-0.3, -0.25) is 33.6 Å². The van der Waals surface area contributed by atoms with Crippen LogP contribution in [0.2, 0.25) is 0 Å². The molecule has 2 amide bonds. The van der Waals surface area contributed by atoms with E-state index < -0.39 is 150 Å². The van der Waals surface area contributed by atoms with Crippen molar-refractivity contribution >= 4 is 47.6 Å². The monoisotopic (exact) mass is 1000 g/mol. The Morgan fingerprint density at radius 2 is 0.929 bits per heavy atom. The summed E-state index contributed by atoms with van der Waals surface area (Å²) in [6.45, 7) is -1.01. The van der Waals surface area contributed by atoms with E-state index in [1.165, 1.54) is 89.9 Å². The number of nitrogens with one attached hydrogen (secondary N) is 2. The minimum atomic E-state index is -1.94. The smallest absolute Gasteiger partial charge is 0.326 e. The van der Waals surface area contributed by atoms with Crippen LogP contribution < -0.4 is 10.6 Å². The molecule has 1 aliphatic heterocycles. The van der Waals surface area contributed by atoms with Crippen LogP contribution in [0.3, 0.4) is 0 Å². The van der Waals surface area contributed by atoms with Gasteiger partial charge in [0, 0.05) is 45.4 Å². The Labute approximate surface area is 423 Å². The molecule has 18 heteroatoms. The summed E-state index contributed by atoms with van der Waals surface area (Å²) in [6, 6.07) is -3.44. The fraction of sp³-hybridized carbons (Fsp3) is 0.846. The highest BCUT2D eigenvalue weighted by atomic mass is 16.7. The fourth-order valence-corrected chi connectivity index (χ4v) is 8.51. The number of esters is 4. The summed E-state index contributed by atoms with van der Waals surface area (Å²) in [5.74, 6) is -9.80. The van der Waals surface area contributed by atoms with E-state index in [0.717, 1.165) is 64.2 Å². The van der Waals surface area contributed by atoms with E-state index in [1.807, 2.05) is 0 Å². The molecule has 0 aromatic carbocycles. The summed E-state index contributed by atoms with van der Waals surface area (Å²) in [4.78, 5) is 102. The molecule has 0 aromatic heterocycles. The third kappa shape index (κ3) is 30.4. The maximum absolute atomic E-state index is 14.4. The van der Waals surface area contributed by atoms with Gasteiger partial charge in [0.2, 0.25) is 11.8 Å². The zero-order valence-corrected chi connectivity index (χ0v) is 42.3. The molecule has 1 aliphatic rings. The molecule has 1 saturated heterocycles. The first-order chi connectivity index (χ1) is 35.6. The molecule has 0 bridgehead atoms. The Bertz CT molecular complexity index is 1590. The van der Waals surface area contributed by atoms with Crippen LogP contribution in [-0.2, 0) is 66.8 Å². The highest BCUT2D eigenvalue weighted by Crippen LogP contribution is 2.30. The second kappa shape index (κ2) is 39.3. The molecule has 18 nitrogen and oxygen atoms in total. The molecular formula is C52H90N2O16. The van der Waals surface area contributed by atoms with Crippen LogP contribution in [0.15, 0.2) is 0 Å². The van der Waals surface area contributed by atoms with Crippen LogP contribution in [-0.4, -0.2) is 114 Å². The van der Waals surface area contributed by atoms with Gasteiger partial charge in [0.15, 0.2) is 24.6 Å². The number of hydrogen-bond donors (Lipinski definition) is 4. The van der Waals surface area contributed by atoms with Gasteiger partial charge in [-0.1, -0.05) is 168 Å². The third-order valence-electron chi connectivity index (χ3n) is 12.3. The molecular weight excluding hydrogens is 909 g/mol. The summed E-state index contributed by atoms with van der Waals surface area (Å²) >= 11 is 0. The normalized spacial score (nSPS) is 19.3. The van der Waals surface area contributed by atoms with E-state index in [-0.39, 0.29) is 0 Å². The van der Waals surface area contributed by atoms with Gasteiger partial charge < -0.3 is 49.3 Å². The first-order valence-electron chi connectivity index (χ1n) is 28.7. The lowest BCUT2D eigenvalue weighted by molar-refractivity contribution is -0.308. The molecule has 1 fully saturated rings. The van der Waals surface area contributed by atoms with Gasteiger partial charge in [0.05, 0.1) is 6.61 Å². The standard InChI is InChI=1S/C52H90N2O16/c1-7-9-11-13-15-17-19-21-23-25-27-29-31-41(32-30-28-26-24-22-20-18-16-14-12-10-8-2)49(61)54-43(50(62)53-42(51(63)64)33-34-45(59)60)35-66-52-48(69-40(6)58)47(68-39(5)57)46(67-38(4)56)44(70-52)36-65-37(3)55/h41-44,46-48,52H,7-36H2,1-6H3,(H,53,62)(H,54,61)(H,59,60)(H,63,64)/t42-,43+,44-,46-,47+,48+,52?/m1/s1/i3D,4D,5D,6D. The lowest BCUT2D eigenvalue weighted by Gasteiger charge is -2.44. The van der Waals surface area contributed by atoms with Crippen LogP contribution in [0.1, 0.15) is 227 Å². The average Bonchev–Trinajstić information content (AvgIpc) is 3.38. The average molecular weight is 1000 g/mol. The molecule has 70 heavy (non-hydrogen) atoms. The maximum atomic E-state index is 14.4. The van der Waals surface area contributed by atoms with Gasteiger partial charge in [-0.25, -0.2) is 4.79 Å². The van der Waals surface area contributed by atoms with Crippen molar-refractivity contribution in [2.24, 2.45) is 5.92 Å². The van der Waals surface area contributed by atoms with Crippen molar-refractivity contribution in [2.75, 3.05) is 13.2 Å². The number of carboxylic acid groups (broad SMARTS) is 2. The number of amides is 2. The number of carboxylic acids is 2. The quantitative estimate of drug-likeness (QED) is 0.0253. The topological polar surface area (TPSA) is 256 Å². The van der Waals surface area contributed by atoms with Crippen molar-refractivity contribution < 1.29 is 82.5 Å². The molecule has 1 rings (SSSR count). The predicted molar refractivity (Wildman–Crippen MR) is 261 cm³/mol. The van der Waals surface area contributed by atoms with E-state index in [2.05, 4.69) is 24.5 Å².